The Morgan fingerprint density at radius 3 is 2.42 bits per heavy atom. The van der Waals surface area contributed by atoms with Crippen molar-refractivity contribution in [3.63, 3.8) is 0 Å². The first-order valence-electron chi connectivity index (χ1n) is 8.34. The van der Waals surface area contributed by atoms with Crippen LogP contribution in [0.3, 0.4) is 0 Å². The SMILES string of the molecule is CC1=NN(c2ccc(C(=O)OC(C)C)cc2)C(=O)/C1=C/c1ccc(C)s1. The lowest BCUT2D eigenvalue weighted by Gasteiger charge is -2.13. The van der Waals surface area contributed by atoms with Crippen LogP contribution in [0.25, 0.3) is 6.08 Å². The second-order valence-corrected chi connectivity index (χ2v) is 7.63. The van der Waals surface area contributed by atoms with Gasteiger partial charge in [-0.15, -0.1) is 11.3 Å². The van der Waals surface area contributed by atoms with Gasteiger partial charge in [-0.25, -0.2) is 4.79 Å². The van der Waals surface area contributed by atoms with E-state index in [1.807, 2.05) is 32.1 Å². The molecule has 1 amide bonds. The van der Waals surface area contributed by atoms with Gasteiger partial charge in [-0.05, 0) is 70.2 Å². The lowest BCUT2D eigenvalue weighted by atomic mass is 10.1. The Labute approximate surface area is 156 Å². The van der Waals surface area contributed by atoms with Gasteiger partial charge in [-0.1, -0.05) is 0 Å². The Morgan fingerprint density at radius 1 is 1.15 bits per heavy atom. The van der Waals surface area contributed by atoms with Crippen molar-refractivity contribution in [2.45, 2.75) is 33.8 Å². The van der Waals surface area contributed by atoms with E-state index in [2.05, 4.69) is 5.10 Å². The number of esters is 1. The molecule has 0 spiro atoms. The maximum atomic E-state index is 12.7. The van der Waals surface area contributed by atoms with E-state index in [4.69, 9.17) is 4.74 Å². The first kappa shape index (κ1) is 18.1. The van der Waals surface area contributed by atoms with Crippen molar-refractivity contribution in [2.24, 2.45) is 5.10 Å². The highest BCUT2D eigenvalue weighted by Crippen LogP contribution is 2.27. The van der Waals surface area contributed by atoms with Gasteiger partial charge < -0.3 is 4.74 Å². The van der Waals surface area contributed by atoms with E-state index in [1.165, 1.54) is 9.89 Å². The Hall–Kier alpha value is -2.73. The Kier molecular flexibility index (Phi) is 5.04. The topological polar surface area (TPSA) is 59.0 Å². The number of thiophene rings is 1. The molecule has 0 N–H and O–H groups in total. The van der Waals surface area contributed by atoms with Gasteiger partial charge in [-0.2, -0.15) is 10.1 Å². The summed E-state index contributed by atoms with van der Waals surface area (Å²) in [5.74, 6) is -0.557. The zero-order valence-corrected chi connectivity index (χ0v) is 16.0. The van der Waals surface area contributed by atoms with Crippen LogP contribution in [0.5, 0.6) is 0 Å². The first-order chi connectivity index (χ1) is 12.3. The fourth-order valence-electron chi connectivity index (χ4n) is 2.55. The van der Waals surface area contributed by atoms with E-state index in [0.29, 0.717) is 22.5 Å². The van der Waals surface area contributed by atoms with E-state index in [0.717, 1.165) is 4.88 Å². The highest BCUT2D eigenvalue weighted by atomic mass is 32.1. The molecule has 0 bridgehead atoms. The van der Waals surface area contributed by atoms with Crippen LogP contribution in [-0.4, -0.2) is 23.7 Å². The number of hydrogen-bond acceptors (Lipinski definition) is 5. The van der Waals surface area contributed by atoms with Crippen LogP contribution < -0.4 is 5.01 Å². The molecule has 5 nitrogen and oxygen atoms in total. The predicted molar refractivity (Wildman–Crippen MR) is 105 cm³/mol. The quantitative estimate of drug-likeness (QED) is 0.593. The van der Waals surface area contributed by atoms with Crippen molar-refractivity contribution in [3.8, 4) is 0 Å². The van der Waals surface area contributed by atoms with E-state index in [-0.39, 0.29) is 18.0 Å². The summed E-state index contributed by atoms with van der Waals surface area (Å²) in [6.07, 6.45) is 1.69. The van der Waals surface area contributed by atoms with Gasteiger partial charge in [0.25, 0.3) is 5.91 Å². The molecular weight excluding hydrogens is 348 g/mol. The molecule has 0 saturated carbocycles. The molecule has 0 saturated heterocycles. The Morgan fingerprint density at radius 2 is 1.85 bits per heavy atom. The zero-order valence-electron chi connectivity index (χ0n) is 15.1. The van der Waals surface area contributed by atoms with Crippen molar-refractivity contribution in [1.82, 2.24) is 0 Å². The molecule has 1 aromatic heterocycles. The molecule has 0 atom stereocenters. The lowest BCUT2D eigenvalue weighted by Crippen LogP contribution is -2.21. The van der Waals surface area contributed by atoms with Crippen molar-refractivity contribution in [1.29, 1.82) is 0 Å². The molecule has 3 rings (SSSR count). The van der Waals surface area contributed by atoms with E-state index < -0.39 is 0 Å². The normalized spacial score (nSPS) is 15.7. The number of aryl methyl sites for hydroxylation is 1. The minimum absolute atomic E-state index is 0.175. The van der Waals surface area contributed by atoms with Crippen LogP contribution in [0.1, 0.15) is 40.9 Å². The summed E-state index contributed by atoms with van der Waals surface area (Å²) in [5, 5.41) is 5.73. The number of rotatable bonds is 4. The predicted octanol–water partition coefficient (Wildman–Crippen LogP) is 4.43. The van der Waals surface area contributed by atoms with Crippen molar-refractivity contribution in [3.05, 3.63) is 57.3 Å². The summed E-state index contributed by atoms with van der Waals surface area (Å²) < 4.78 is 5.17. The maximum Gasteiger partial charge on any atom is 0.338 e. The van der Waals surface area contributed by atoms with Crippen molar-refractivity contribution >= 4 is 40.7 Å². The summed E-state index contributed by atoms with van der Waals surface area (Å²) in [5.41, 5.74) is 2.31. The van der Waals surface area contributed by atoms with Gasteiger partial charge in [0.1, 0.15) is 0 Å². The minimum Gasteiger partial charge on any atom is -0.459 e. The standard InChI is InChI=1S/C20H20N2O3S/c1-12(2)25-20(24)15-6-8-16(9-7-15)22-19(23)18(14(4)21-22)11-17-10-5-13(3)26-17/h5-12H,1-4H3/b18-11+. The molecule has 134 valence electrons. The highest BCUT2D eigenvalue weighted by molar-refractivity contribution is 7.12. The largest absolute Gasteiger partial charge is 0.459 e. The molecule has 0 radical (unpaired) electrons. The number of hydrogen-bond donors (Lipinski definition) is 0. The monoisotopic (exact) mass is 368 g/mol. The number of nitrogens with zero attached hydrogens (tertiary/aromatic N) is 2. The summed E-state index contributed by atoms with van der Waals surface area (Å²) in [7, 11) is 0. The second-order valence-electron chi connectivity index (χ2n) is 6.31. The molecule has 1 aliphatic rings. The lowest BCUT2D eigenvalue weighted by molar-refractivity contribution is -0.114. The van der Waals surface area contributed by atoms with Gasteiger partial charge in [0.15, 0.2) is 0 Å². The second kappa shape index (κ2) is 7.25. The van der Waals surface area contributed by atoms with Crippen molar-refractivity contribution < 1.29 is 14.3 Å². The molecule has 1 aliphatic heterocycles. The first-order valence-corrected chi connectivity index (χ1v) is 9.16. The van der Waals surface area contributed by atoms with Crippen LogP contribution in [0.2, 0.25) is 0 Å². The molecule has 0 fully saturated rings. The molecule has 2 aromatic rings. The average molecular weight is 368 g/mol. The summed E-state index contributed by atoms with van der Waals surface area (Å²) in [6, 6.07) is 10.7. The molecule has 2 heterocycles. The Balaban J connectivity index is 1.81. The molecule has 0 unspecified atom stereocenters. The van der Waals surface area contributed by atoms with Crippen LogP contribution in [0.4, 0.5) is 5.69 Å². The number of carbonyl (C=O) groups excluding carboxylic acids is 2. The van der Waals surface area contributed by atoms with Crippen LogP contribution in [0.15, 0.2) is 47.1 Å². The highest BCUT2D eigenvalue weighted by Gasteiger charge is 2.29. The zero-order chi connectivity index (χ0) is 18.8. The number of hydrazone groups is 1. The van der Waals surface area contributed by atoms with Gasteiger partial charge in [0.05, 0.1) is 28.6 Å². The molecule has 6 heteroatoms. The number of anilines is 1. The average Bonchev–Trinajstić information content (AvgIpc) is 3.12. The molecule has 0 aliphatic carbocycles. The third kappa shape index (κ3) is 3.75. The van der Waals surface area contributed by atoms with E-state index >= 15 is 0 Å². The number of benzene rings is 1. The number of amides is 1. The van der Waals surface area contributed by atoms with Crippen molar-refractivity contribution in [2.75, 3.05) is 5.01 Å². The van der Waals surface area contributed by atoms with Crippen LogP contribution >= 0.6 is 11.3 Å². The van der Waals surface area contributed by atoms with Gasteiger partial charge in [0.2, 0.25) is 0 Å². The Bertz CT molecular complexity index is 907. The van der Waals surface area contributed by atoms with Crippen LogP contribution in [0, 0.1) is 6.92 Å². The van der Waals surface area contributed by atoms with Crippen LogP contribution in [-0.2, 0) is 9.53 Å². The number of ether oxygens (including phenoxy) is 1. The third-order valence-corrected chi connectivity index (χ3v) is 4.75. The smallest absolute Gasteiger partial charge is 0.338 e. The van der Waals surface area contributed by atoms with Gasteiger partial charge in [0, 0.05) is 9.75 Å². The van der Waals surface area contributed by atoms with Gasteiger partial charge in [-0.3, -0.25) is 4.79 Å². The fraction of sp³-hybridized carbons (Fsp3) is 0.250. The van der Waals surface area contributed by atoms with E-state index in [9.17, 15) is 9.59 Å². The number of carbonyl (C=O) groups is 2. The fourth-order valence-corrected chi connectivity index (χ4v) is 3.37. The molecule has 26 heavy (non-hydrogen) atoms. The molecular formula is C20H20N2O3S. The maximum absolute atomic E-state index is 12.7. The third-order valence-electron chi connectivity index (χ3n) is 3.80. The molecule has 1 aromatic carbocycles. The summed E-state index contributed by atoms with van der Waals surface area (Å²) in [4.78, 5) is 26.9. The van der Waals surface area contributed by atoms with E-state index in [1.54, 1.807) is 49.4 Å². The minimum atomic E-state index is -0.382. The summed E-state index contributed by atoms with van der Waals surface area (Å²) >= 11 is 1.63. The summed E-state index contributed by atoms with van der Waals surface area (Å²) in [6.45, 7) is 7.45. The van der Waals surface area contributed by atoms with Gasteiger partial charge >= 0.3 is 5.97 Å².